The summed E-state index contributed by atoms with van der Waals surface area (Å²) in [5.41, 5.74) is 2.12. The van der Waals surface area contributed by atoms with Crippen LogP contribution in [0.25, 0.3) is 0 Å². The molecule has 0 spiro atoms. The van der Waals surface area contributed by atoms with Gasteiger partial charge in [-0.2, -0.15) is 0 Å². The lowest BCUT2D eigenvalue weighted by atomic mass is 9.95. The van der Waals surface area contributed by atoms with Gasteiger partial charge in [0.15, 0.2) is 0 Å². The zero-order valence-corrected chi connectivity index (χ0v) is 13.0. The maximum atomic E-state index is 13.5. The zero-order chi connectivity index (χ0) is 15.4. The summed E-state index contributed by atoms with van der Waals surface area (Å²) in [4.78, 5) is 11.3. The van der Waals surface area contributed by atoms with Crippen molar-refractivity contribution in [3.05, 3.63) is 59.4 Å². The van der Waals surface area contributed by atoms with Crippen LogP contribution in [0.1, 0.15) is 49.3 Å². The molecule has 1 aromatic carbocycles. The Kier molecular flexibility index (Phi) is 4.78. The molecule has 3 nitrogen and oxygen atoms in total. The highest BCUT2D eigenvalue weighted by Gasteiger charge is 2.24. The van der Waals surface area contributed by atoms with Crippen LogP contribution in [0.4, 0.5) is 4.39 Å². The molecule has 2 heterocycles. The van der Waals surface area contributed by atoms with Gasteiger partial charge in [-0.05, 0) is 43.1 Å². The van der Waals surface area contributed by atoms with Gasteiger partial charge in [0.25, 0.3) is 0 Å². The third-order valence-electron chi connectivity index (χ3n) is 4.29. The molecule has 0 N–H and O–H groups in total. The minimum Gasteiger partial charge on any atom is -0.291 e. The Labute approximate surface area is 131 Å². The molecule has 4 heteroatoms. The molecule has 1 saturated heterocycles. The summed E-state index contributed by atoms with van der Waals surface area (Å²) in [6.45, 7) is 3.90. The van der Waals surface area contributed by atoms with Gasteiger partial charge in [-0.3, -0.25) is 4.90 Å². The number of likely N-dealkylation sites (tertiary alicyclic amines) is 1. The SMILES string of the molecule is CCc1nccc(CN2CCCCC2c2cccc(F)c2)n1. The van der Waals surface area contributed by atoms with E-state index in [9.17, 15) is 4.39 Å². The van der Waals surface area contributed by atoms with E-state index >= 15 is 0 Å². The van der Waals surface area contributed by atoms with Crippen LogP contribution in [0.3, 0.4) is 0 Å². The van der Waals surface area contributed by atoms with Crippen molar-refractivity contribution in [1.29, 1.82) is 0 Å². The summed E-state index contributed by atoms with van der Waals surface area (Å²) in [6, 6.07) is 9.27. The molecule has 1 unspecified atom stereocenters. The fourth-order valence-corrected chi connectivity index (χ4v) is 3.18. The summed E-state index contributed by atoms with van der Waals surface area (Å²) >= 11 is 0. The largest absolute Gasteiger partial charge is 0.291 e. The first-order chi connectivity index (χ1) is 10.8. The number of hydrogen-bond donors (Lipinski definition) is 0. The van der Waals surface area contributed by atoms with Gasteiger partial charge in [0.2, 0.25) is 0 Å². The summed E-state index contributed by atoms with van der Waals surface area (Å²) in [6.07, 6.45) is 6.15. The van der Waals surface area contributed by atoms with Gasteiger partial charge in [-0.15, -0.1) is 0 Å². The van der Waals surface area contributed by atoms with Crippen LogP contribution >= 0.6 is 0 Å². The highest BCUT2D eigenvalue weighted by Crippen LogP contribution is 2.32. The molecule has 1 atom stereocenters. The van der Waals surface area contributed by atoms with Crippen molar-refractivity contribution in [1.82, 2.24) is 14.9 Å². The van der Waals surface area contributed by atoms with E-state index < -0.39 is 0 Å². The van der Waals surface area contributed by atoms with E-state index in [1.807, 2.05) is 18.3 Å². The third-order valence-corrected chi connectivity index (χ3v) is 4.29. The quantitative estimate of drug-likeness (QED) is 0.857. The van der Waals surface area contributed by atoms with Crippen LogP contribution in [0.2, 0.25) is 0 Å². The summed E-state index contributed by atoms with van der Waals surface area (Å²) in [7, 11) is 0. The maximum Gasteiger partial charge on any atom is 0.128 e. The van der Waals surface area contributed by atoms with Gasteiger partial charge < -0.3 is 0 Å². The first kappa shape index (κ1) is 15.1. The Bertz CT molecular complexity index is 629. The minimum atomic E-state index is -0.154. The highest BCUT2D eigenvalue weighted by atomic mass is 19.1. The van der Waals surface area contributed by atoms with Gasteiger partial charge >= 0.3 is 0 Å². The Morgan fingerprint density at radius 3 is 3.00 bits per heavy atom. The number of rotatable bonds is 4. The molecule has 0 aliphatic carbocycles. The monoisotopic (exact) mass is 299 g/mol. The van der Waals surface area contributed by atoms with Crippen molar-refractivity contribution in [3.8, 4) is 0 Å². The molecule has 22 heavy (non-hydrogen) atoms. The predicted molar refractivity (Wildman–Crippen MR) is 84.8 cm³/mol. The lowest BCUT2D eigenvalue weighted by Gasteiger charge is -2.35. The van der Waals surface area contributed by atoms with Gasteiger partial charge in [0, 0.05) is 25.2 Å². The molecular formula is C18H22FN3. The molecule has 1 aliphatic heterocycles. The van der Waals surface area contributed by atoms with Gasteiger partial charge in [0.1, 0.15) is 11.6 Å². The van der Waals surface area contributed by atoms with Gasteiger partial charge in [-0.1, -0.05) is 25.5 Å². The zero-order valence-electron chi connectivity index (χ0n) is 13.0. The van der Waals surface area contributed by atoms with Crippen LogP contribution < -0.4 is 0 Å². The summed E-state index contributed by atoms with van der Waals surface area (Å²) < 4.78 is 13.5. The average molecular weight is 299 g/mol. The molecule has 0 radical (unpaired) electrons. The van der Waals surface area contributed by atoms with E-state index in [4.69, 9.17) is 0 Å². The van der Waals surface area contributed by atoms with Crippen molar-refractivity contribution in [2.24, 2.45) is 0 Å². The van der Waals surface area contributed by atoms with E-state index in [1.54, 1.807) is 12.1 Å². The minimum absolute atomic E-state index is 0.154. The Morgan fingerprint density at radius 2 is 2.18 bits per heavy atom. The van der Waals surface area contributed by atoms with E-state index in [0.717, 1.165) is 43.0 Å². The van der Waals surface area contributed by atoms with Crippen LogP contribution in [0.15, 0.2) is 36.5 Å². The Morgan fingerprint density at radius 1 is 1.27 bits per heavy atom. The Balaban J connectivity index is 1.80. The van der Waals surface area contributed by atoms with Crippen LogP contribution in [0, 0.1) is 5.82 Å². The second-order valence-electron chi connectivity index (χ2n) is 5.85. The lowest BCUT2D eigenvalue weighted by molar-refractivity contribution is 0.138. The van der Waals surface area contributed by atoms with Crippen molar-refractivity contribution >= 4 is 0 Å². The molecule has 1 fully saturated rings. The van der Waals surface area contributed by atoms with E-state index in [0.29, 0.717) is 0 Å². The summed E-state index contributed by atoms with van der Waals surface area (Å²) in [5, 5.41) is 0. The molecule has 1 aliphatic rings. The second kappa shape index (κ2) is 6.97. The average Bonchev–Trinajstić information content (AvgIpc) is 2.55. The topological polar surface area (TPSA) is 29.0 Å². The molecule has 3 rings (SSSR count). The number of piperidine rings is 1. The third kappa shape index (κ3) is 3.50. The van der Waals surface area contributed by atoms with Crippen molar-refractivity contribution in [2.75, 3.05) is 6.54 Å². The standard InChI is InChI=1S/C18H22FN3/c1-2-18-20-10-9-16(21-18)13-22-11-4-3-8-17(22)14-6-5-7-15(19)12-14/h5-7,9-10,12,17H,2-4,8,11,13H2,1H3. The number of nitrogens with zero attached hydrogens (tertiary/aromatic N) is 3. The lowest BCUT2D eigenvalue weighted by Crippen LogP contribution is -2.33. The van der Waals surface area contributed by atoms with E-state index in [1.165, 1.54) is 18.9 Å². The molecule has 0 amide bonds. The highest BCUT2D eigenvalue weighted by molar-refractivity contribution is 5.21. The maximum absolute atomic E-state index is 13.5. The molecule has 0 bridgehead atoms. The fraction of sp³-hybridized carbons (Fsp3) is 0.444. The number of halogens is 1. The predicted octanol–water partition coefficient (Wildman–Crippen LogP) is 3.91. The first-order valence-corrected chi connectivity index (χ1v) is 8.06. The molecule has 0 saturated carbocycles. The smallest absolute Gasteiger partial charge is 0.128 e. The van der Waals surface area contributed by atoms with Crippen molar-refractivity contribution in [3.63, 3.8) is 0 Å². The molecular weight excluding hydrogens is 277 g/mol. The molecule has 1 aromatic heterocycles. The normalized spacial score (nSPS) is 19.3. The van der Waals surface area contributed by atoms with Crippen molar-refractivity contribution in [2.45, 2.75) is 45.2 Å². The fourth-order valence-electron chi connectivity index (χ4n) is 3.18. The number of aromatic nitrogens is 2. The Hall–Kier alpha value is -1.81. The van der Waals surface area contributed by atoms with Gasteiger partial charge in [-0.25, -0.2) is 14.4 Å². The number of hydrogen-bond acceptors (Lipinski definition) is 3. The van der Waals surface area contributed by atoms with Gasteiger partial charge in [0.05, 0.1) is 5.69 Å². The van der Waals surface area contributed by atoms with E-state index in [-0.39, 0.29) is 11.9 Å². The first-order valence-electron chi connectivity index (χ1n) is 8.06. The second-order valence-corrected chi connectivity index (χ2v) is 5.85. The molecule has 2 aromatic rings. The van der Waals surface area contributed by atoms with Crippen LogP contribution in [-0.4, -0.2) is 21.4 Å². The van der Waals surface area contributed by atoms with Crippen LogP contribution in [-0.2, 0) is 13.0 Å². The summed E-state index contributed by atoms with van der Waals surface area (Å²) in [5.74, 6) is 0.732. The number of aryl methyl sites for hydroxylation is 1. The van der Waals surface area contributed by atoms with Crippen molar-refractivity contribution < 1.29 is 4.39 Å². The van der Waals surface area contributed by atoms with E-state index in [2.05, 4.69) is 21.8 Å². The number of benzene rings is 1. The molecule has 116 valence electrons. The van der Waals surface area contributed by atoms with Crippen LogP contribution in [0.5, 0.6) is 0 Å².